The highest BCUT2D eigenvalue weighted by molar-refractivity contribution is 6.04. The molecule has 7 heteroatoms. The highest BCUT2D eigenvalue weighted by Gasteiger charge is 2.11. The molecular weight excluding hydrogens is 347 g/mol. The number of carbonyl (C=O) groups is 1. The summed E-state index contributed by atoms with van der Waals surface area (Å²) < 4.78 is 20.4. The molecule has 0 aliphatic rings. The average Bonchev–Trinajstić information content (AvgIpc) is 3.12. The standard InChI is InChI=1S/C20H15FN4O2/c1-27-19-11-10-18-23-17(12-25(18)24-19)13-6-8-14(9-7-13)22-20(26)15-4-2-3-5-16(15)21/h2-12H,1H3,(H,22,26). The molecule has 2 heterocycles. The molecule has 0 bridgehead atoms. The van der Waals surface area contributed by atoms with Crippen LogP contribution in [0.2, 0.25) is 0 Å². The van der Waals surface area contributed by atoms with Crippen LogP contribution >= 0.6 is 0 Å². The number of fused-ring (bicyclic) bond motifs is 1. The number of amides is 1. The molecule has 1 N–H and O–H groups in total. The molecule has 134 valence electrons. The van der Waals surface area contributed by atoms with Gasteiger partial charge in [0.25, 0.3) is 5.91 Å². The summed E-state index contributed by atoms with van der Waals surface area (Å²) in [7, 11) is 1.56. The number of hydrogen-bond acceptors (Lipinski definition) is 4. The Bertz CT molecular complexity index is 1120. The topological polar surface area (TPSA) is 68.5 Å². The Balaban J connectivity index is 1.55. The molecule has 27 heavy (non-hydrogen) atoms. The van der Waals surface area contributed by atoms with E-state index in [1.807, 2.05) is 18.2 Å². The summed E-state index contributed by atoms with van der Waals surface area (Å²) in [6.45, 7) is 0. The van der Waals surface area contributed by atoms with Gasteiger partial charge in [-0.15, -0.1) is 5.10 Å². The molecule has 1 amide bonds. The summed E-state index contributed by atoms with van der Waals surface area (Å²) in [5.74, 6) is -0.554. The molecule has 0 spiro atoms. The van der Waals surface area contributed by atoms with Gasteiger partial charge >= 0.3 is 0 Å². The molecule has 6 nitrogen and oxygen atoms in total. The first-order valence-electron chi connectivity index (χ1n) is 8.21. The summed E-state index contributed by atoms with van der Waals surface area (Å²) in [6.07, 6.45) is 1.80. The van der Waals surface area contributed by atoms with Gasteiger partial charge in [0, 0.05) is 17.3 Å². The van der Waals surface area contributed by atoms with Crippen LogP contribution in [0.4, 0.5) is 10.1 Å². The van der Waals surface area contributed by atoms with Crippen molar-refractivity contribution in [2.75, 3.05) is 12.4 Å². The van der Waals surface area contributed by atoms with Crippen LogP contribution in [0.3, 0.4) is 0 Å². The number of imidazole rings is 1. The maximum Gasteiger partial charge on any atom is 0.258 e. The van der Waals surface area contributed by atoms with Crippen molar-refractivity contribution in [1.82, 2.24) is 14.6 Å². The van der Waals surface area contributed by atoms with Crippen molar-refractivity contribution in [3.63, 3.8) is 0 Å². The van der Waals surface area contributed by atoms with Gasteiger partial charge in [-0.05, 0) is 30.3 Å². The third-order valence-electron chi connectivity index (χ3n) is 4.06. The van der Waals surface area contributed by atoms with E-state index in [1.165, 1.54) is 12.1 Å². The number of nitrogens with one attached hydrogen (secondary N) is 1. The Hall–Kier alpha value is -3.74. The van der Waals surface area contributed by atoms with Crippen LogP contribution in [0.15, 0.2) is 66.9 Å². The van der Waals surface area contributed by atoms with Crippen LogP contribution in [0.5, 0.6) is 5.88 Å². The van der Waals surface area contributed by atoms with Crippen molar-refractivity contribution in [3.8, 4) is 17.1 Å². The fraction of sp³-hybridized carbons (Fsp3) is 0.0500. The number of carbonyl (C=O) groups excluding carboxylic acids is 1. The Morgan fingerprint density at radius 3 is 2.59 bits per heavy atom. The van der Waals surface area contributed by atoms with Gasteiger partial charge in [-0.1, -0.05) is 24.3 Å². The lowest BCUT2D eigenvalue weighted by atomic mass is 10.1. The van der Waals surface area contributed by atoms with Crippen LogP contribution in [0, 0.1) is 5.82 Å². The van der Waals surface area contributed by atoms with E-state index in [2.05, 4.69) is 15.4 Å². The molecule has 4 rings (SSSR count). The maximum atomic E-state index is 13.7. The largest absolute Gasteiger partial charge is 0.480 e. The van der Waals surface area contributed by atoms with E-state index in [0.717, 1.165) is 11.3 Å². The Morgan fingerprint density at radius 1 is 1.07 bits per heavy atom. The van der Waals surface area contributed by atoms with E-state index in [1.54, 1.807) is 48.2 Å². The number of ether oxygens (including phenoxy) is 1. The van der Waals surface area contributed by atoms with E-state index >= 15 is 0 Å². The first-order chi connectivity index (χ1) is 13.1. The number of benzene rings is 2. The number of methoxy groups -OCH3 is 1. The normalized spacial score (nSPS) is 10.7. The van der Waals surface area contributed by atoms with Gasteiger partial charge in [-0.3, -0.25) is 4.79 Å². The molecule has 0 aliphatic carbocycles. The highest BCUT2D eigenvalue weighted by Crippen LogP contribution is 2.22. The zero-order chi connectivity index (χ0) is 18.8. The monoisotopic (exact) mass is 362 g/mol. The molecule has 0 aliphatic heterocycles. The van der Waals surface area contributed by atoms with E-state index in [-0.39, 0.29) is 5.56 Å². The predicted octanol–water partition coefficient (Wildman–Crippen LogP) is 3.80. The minimum Gasteiger partial charge on any atom is -0.480 e. The average molecular weight is 362 g/mol. The number of aromatic nitrogens is 3. The number of halogens is 1. The second-order valence-electron chi connectivity index (χ2n) is 5.82. The summed E-state index contributed by atoms with van der Waals surface area (Å²) in [6, 6.07) is 16.6. The van der Waals surface area contributed by atoms with E-state index < -0.39 is 11.7 Å². The zero-order valence-electron chi connectivity index (χ0n) is 14.4. The fourth-order valence-corrected chi connectivity index (χ4v) is 2.68. The van der Waals surface area contributed by atoms with Crippen molar-refractivity contribution in [1.29, 1.82) is 0 Å². The SMILES string of the molecule is COc1ccc2nc(-c3ccc(NC(=O)c4ccccc4F)cc3)cn2n1. The van der Waals surface area contributed by atoms with Crippen LogP contribution in [0.1, 0.15) is 10.4 Å². The van der Waals surface area contributed by atoms with Crippen molar-refractivity contribution in [2.45, 2.75) is 0 Å². The van der Waals surface area contributed by atoms with Gasteiger partial charge in [0.05, 0.1) is 24.6 Å². The van der Waals surface area contributed by atoms with Gasteiger partial charge in [0.1, 0.15) is 5.82 Å². The minimum absolute atomic E-state index is 0.00180. The van der Waals surface area contributed by atoms with E-state index in [4.69, 9.17) is 4.74 Å². The molecule has 0 fully saturated rings. The molecule has 0 saturated heterocycles. The molecule has 0 atom stereocenters. The second kappa shape index (κ2) is 6.87. The van der Waals surface area contributed by atoms with Crippen molar-refractivity contribution < 1.29 is 13.9 Å². The van der Waals surface area contributed by atoms with Gasteiger partial charge in [0.2, 0.25) is 5.88 Å². The first kappa shape index (κ1) is 16.7. The van der Waals surface area contributed by atoms with Gasteiger partial charge < -0.3 is 10.1 Å². The maximum absolute atomic E-state index is 13.7. The lowest BCUT2D eigenvalue weighted by Gasteiger charge is -2.06. The Kier molecular flexibility index (Phi) is 4.25. The number of rotatable bonds is 4. The highest BCUT2D eigenvalue weighted by atomic mass is 19.1. The number of anilines is 1. The van der Waals surface area contributed by atoms with Crippen molar-refractivity contribution >= 4 is 17.2 Å². The predicted molar refractivity (Wildman–Crippen MR) is 99.3 cm³/mol. The van der Waals surface area contributed by atoms with Gasteiger partial charge in [-0.25, -0.2) is 13.9 Å². The molecule has 2 aromatic carbocycles. The zero-order valence-corrected chi connectivity index (χ0v) is 14.4. The Labute approximate surface area is 154 Å². The van der Waals surface area contributed by atoms with Crippen molar-refractivity contribution in [2.24, 2.45) is 0 Å². The molecule has 2 aromatic heterocycles. The first-order valence-corrected chi connectivity index (χ1v) is 8.21. The van der Waals surface area contributed by atoms with E-state index in [9.17, 15) is 9.18 Å². The third kappa shape index (κ3) is 3.35. The number of nitrogens with zero attached hydrogens (tertiary/aromatic N) is 3. The molecule has 0 unspecified atom stereocenters. The molecule has 0 radical (unpaired) electrons. The summed E-state index contributed by atoms with van der Waals surface area (Å²) in [5.41, 5.74) is 2.87. The molecule has 0 saturated carbocycles. The summed E-state index contributed by atoms with van der Waals surface area (Å²) in [5, 5.41) is 6.96. The molecular formula is C20H15FN4O2. The summed E-state index contributed by atoms with van der Waals surface area (Å²) >= 11 is 0. The van der Waals surface area contributed by atoms with Crippen LogP contribution in [-0.4, -0.2) is 27.6 Å². The second-order valence-corrected chi connectivity index (χ2v) is 5.82. The smallest absolute Gasteiger partial charge is 0.258 e. The van der Waals surface area contributed by atoms with Crippen LogP contribution in [0.25, 0.3) is 16.9 Å². The lowest BCUT2D eigenvalue weighted by Crippen LogP contribution is -2.13. The fourth-order valence-electron chi connectivity index (χ4n) is 2.68. The number of hydrogen-bond donors (Lipinski definition) is 1. The van der Waals surface area contributed by atoms with Crippen LogP contribution in [-0.2, 0) is 0 Å². The lowest BCUT2D eigenvalue weighted by molar-refractivity contribution is 0.102. The van der Waals surface area contributed by atoms with Crippen molar-refractivity contribution in [3.05, 3.63) is 78.2 Å². The van der Waals surface area contributed by atoms with Gasteiger partial charge in [-0.2, -0.15) is 0 Å². The molecule has 4 aromatic rings. The minimum atomic E-state index is -0.556. The Morgan fingerprint density at radius 2 is 1.85 bits per heavy atom. The van der Waals surface area contributed by atoms with Gasteiger partial charge in [0.15, 0.2) is 5.65 Å². The van der Waals surface area contributed by atoms with Crippen LogP contribution < -0.4 is 10.1 Å². The summed E-state index contributed by atoms with van der Waals surface area (Å²) in [4.78, 5) is 16.7. The quantitative estimate of drug-likeness (QED) is 0.600. The third-order valence-corrected chi connectivity index (χ3v) is 4.06. The van der Waals surface area contributed by atoms with E-state index in [0.29, 0.717) is 17.2 Å².